The first-order valence-corrected chi connectivity index (χ1v) is 5.06. The maximum Gasteiger partial charge on any atom is 0.186 e. The van der Waals surface area contributed by atoms with Gasteiger partial charge >= 0.3 is 0 Å². The zero-order chi connectivity index (χ0) is 11.0. The van der Waals surface area contributed by atoms with Gasteiger partial charge in [-0.1, -0.05) is 24.3 Å². The number of nitrogens with zero attached hydrogens (tertiary/aromatic N) is 2. The third-order valence-corrected chi connectivity index (χ3v) is 2.54. The second kappa shape index (κ2) is 3.66. The Kier molecular flexibility index (Phi) is 2.16. The number of aromatic nitrogens is 2. The van der Waals surface area contributed by atoms with Gasteiger partial charge in [-0.2, -0.15) is 0 Å². The van der Waals surface area contributed by atoms with E-state index in [-0.39, 0.29) is 6.10 Å². The molecule has 16 heavy (non-hydrogen) atoms. The number of hydrogen-bond acceptors (Lipinski definition) is 4. The quantitative estimate of drug-likeness (QED) is 0.770. The summed E-state index contributed by atoms with van der Waals surface area (Å²) in [5.74, 6) is 0.654. The Morgan fingerprint density at radius 3 is 2.44 bits per heavy atom. The fourth-order valence-electron chi connectivity index (χ4n) is 1.72. The Balaban J connectivity index is 2.07. The number of ether oxygens (including phenoxy) is 1. The predicted molar refractivity (Wildman–Crippen MR) is 57.3 cm³/mol. The van der Waals surface area contributed by atoms with Gasteiger partial charge < -0.3 is 9.84 Å². The first kappa shape index (κ1) is 9.45. The van der Waals surface area contributed by atoms with Crippen LogP contribution in [-0.4, -0.2) is 21.4 Å². The Morgan fingerprint density at radius 2 is 1.75 bits per heavy atom. The summed E-state index contributed by atoms with van der Waals surface area (Å²) in [6, 6.07) is 9.46. The number of aliphatic hydroxyl groups is 1. The molecule has 1 aromatic carbocycles. The first-order valence-electron chi connectivity index (χ1n) is 5.06. The molecule has 0 saturated carbocycles. The normalized spacial score (nSPS) is 23.1. The van der Waals surface area contributed by atoms with Crippen LogP contribution in [0.25, 0.3) is 11.4 Å². The van der Waals surface area contributed by atoms with E-state index in [4.69, 9.17) is 4.74 Å². The maximum absolute atomic E-state index is 9.29. The van der Waals surface area contributed by atoms with Crippen molar-refractivity contribution in [2.45, 2.75) is 12.4 Å². The third kappa shape index (κ3) is 1.58. The van der Waals surface area contributed by atoms with Crippen LogP contribution >= 0.6 is 0 Å². The summed E-state index contributed by atoms with van der Waals surface area (Å²) < 4.78 is 5.07. The Morgan fingerprint density at radius 1 is 1.06 bits per heavy atom. The number of hydrogen-bond donors (Lipinski definition) is 1. The van der Waals surface area contributed by atoms with Gasteiger partial charge in [-0.15, -0.1) is 0 Å². The molecule has 1 N–H and O–H groups in total. The fourth-order valence-corrected chi connectivity index (χ4v) is 1.72. The molecular formula is C12H10N2O2. The van der Waals surface area contributed by atoms with Gasteiger partial charge in [-0.25, -0.2) is 9.97 Å². The molecule has 1 aliphatic heterocycles. The summed E-state index contributed by atoms with van der Waals surface area (Å²) in [5.41, 5.74) is 1.84. The molecule has 1 saturated heterocycles. The lowest BCUT2D eigenvalue weighted by Gasteiger charge is -2.04. The van der Waals surface area contributed by atoms with Crippen molar-refractivity contribution in [3.05, 3.63) is 48.3 Å². The molecule has 0 amide bonds. The molecule has 2 unspecified atom stereocenters. The Labute approximate surface area is 92.6 Å². The van der Waals surface area contributed by atoms with Crippen LogP contribution in [0.5, 0.6) is 0 Å². The van der Waals surface area contributed by atoms with Crippen molar-refractivity contribution in [1.82, 2.24) is 9.97 Å². The first-order chi connectivity index (χ1) is 7.86. The van der Waals surface area contributed by atoms with E-state index in [1.807, 2.05) is 24.3 Å². The van der Waals surface area contributed by atoms with E-state index < -0.39 is 6.29 Å². The summed E-state index contributed by atoms with van der Waals surface area (Å²) in [4.78, 5) is 8.39. The highest BCUT2D eigenvalue weighted by molar-refractivity contribution is 5.61. The van der Waals surface area contributed by atoms with Gasteiger partial charge in [0.15, 0.2) is 12.1 Å². The molecule has 1 aromatic heterocycles. The van der Waals surface area contributed by atoms with Crippen molar-refractivity contribution < 1.29 is 9.84 Å². The molecule has 0 radical (unpaired) electrons. The van der Waals surface area contributed by atoms with E-state index in [0.29, 0.717) is 5.82 Å². The molecule has 0 bridgehead atoms. The molecule has 2 aromatic rings. The Bertz CT molecular complexity index is 501. The van der Waals surface area contributed by atoms with E-state index in [1.165, 1.54) is 0 Å². The lowest BCUT2D eigenvalue weighted by atomic mass is 10.0. The Hall–Kier alpha value is -1.78. The van der Waals surface area contributed by atoms with Gasteiger partial charge in [0.25, 0.3) is 0 Å². The molecule has 1 fully saturated rings. The van der Waals surface area contributed by atoms with Gasteiger partial charge in [-0.3, -0.25) is 0 Å². The van der Waals surface area contributed by atoms with Gasteiger partial charge in [0.2, 0.25) is 0 Å². The average molecular weight is 214 g/mol. The summed E-state index contributed by atoms with van der Waals surface area (Å²) >= 11 is 0. The minimum absolute atomic E-state index is 0.236. The van der Waals surface area contributed by atoms with Gasteiger partial charge in [-0.05, 0) is 11.6 Å². The summed E-state index contributed by atoms with van der Waals surface area (Å²) in [6.07, 6.45) is 2.47. The molecule has 1 aliphatic rings. The lowest BCUT2D eigenvalue weighted by Crippen LogP contribution is -1.94. The SMILES string of the molecule is OC1OC1c1ccccc1-c1ncccn1. The lowest BCUT2D eigenvalue weighted by molar-refractivity contribution is 0.156. The number of aliphatic hydroxyl groups excluding tert-OH is 1. The molecule has 80 valence electrons. The summed E-state index contributed by atoms with van der Waals surface area (Å²) in [5, 5.41) is 9.29. The third-order valence-electron chi connectivity index (χ3n) is 2.54. The highest BCUT2D eigenvalue weighted by Gasteiger charge is 2.40. The van der Waals surface area contributed by atoms with Gasteiger partial charge in [0.05, 0.1) is 0 Å². The smallest absolute Gasteiger partial charge is 0.186 e. The van der Waals surface area contributed by atoms with Crippen LogP contribution in [0.4, 0.5) is 0 Å². The van der Waals surface area contributed by atoms with Crippen molar-refractivity contribution in [2.75, 3.05) is 0 Å². The number of epoxide rings is 1. The molecule has 2 atom stereocenters. The van der Waals surface area contributed by atoms with Crippen LogP contribution in [-0.2, 0) is 4.74 Å². The van der Waals surface area contributed by atoms with Crippen molar-refractivity contribution in [1.29, 1.82) is 0 Å². The van der Waals surface area contributed by atoms with E-state index in [9.17, 15) is 5.11 Å². The van der Waals surface area contributed by atoms with Crippen LogP contribution < -0.4 is 0 Å². The maximum atomic E-state index is 9.29. The number of rotatable bonds is 2. The van der Waals surface area contributed by atoms with E-state index in [1.54, 1.807) is 18.5 Å². The average Bonchev–Trinajstić information content (AvgIpc) is 3.08. The van der Waals surface area contributed by atoms with E-state index in [2.05, 4.69) is 9.97 Å². The molecule has 0 aliphatic carbocycles. The van der Waals surface area contributed by atoms with Crippen molar-refractivity contribution in [3.63, 3.8) is 0 Å². The van der Waals surface area contributed by atoms with Crippen LogP contribution in [0.3, 0.4) is 0 Å². The van der Waals surface area contributed by atoms with Crippen molar-refractivity contribution in [2.24, 2.45) is 0 Å². The molecule has 3 rings (SSSR count). The highest BCUT2D eigenvalue weighted by Crippen LogP contribution is 2.40. The second-order valence-corrected chi connectivity index (χ2v) is 3.61. The van der Waals surface area contributed by atoms with Gasteiger partial charge in [0, 0.05) is 18.0 Å². The second-order valence-electron chi connectivity index (χ2n) is 3.61. The van der Waals surface area contributed by atoms with Crippen LogP contribution in [0.1, 0.15) is 11.7 Å². The largest absolute Gasteiger partial charge is 0.366 e. The minimum Gasteiger partial charge on any atom is -0.366 e. The zero-order valence-corrected chi connectivity index (χ0v) is 8.45. The van der Waals surface area contributed by atoms with Crippen LogP contribution in [0.15, 0.2) is 42.7 Å². The fraction of sp³-hybridized carbons (Fsp3) is 0.167. The standard InChI is InChI=1S/C12H10N2O2/c15-12-10(16-12)8-4-1-2-5-9(8)11-13-6-3-7-14-11/h1-7,10,12,15H. The van der Waals surface area contributed by atoms with E-state index in [0.717, 1.165) is 11.1 Å². The van der Waals surface area contributed by atoms with Crippen molar-refractivity contribution in [3.8, 4) is 11.4 Å². The molecule has 4 nitrogen and oxygen atoms in total. The molecule has 2 heterocycles. The number of benzene rings is 1. The monoisotopic (exact) mass is 214 g/mol. The zero-order valence-electron chi connectivity index (χ0n) is 8.45. The molecule has 4 heteroatoms. The molecular weight excluding hydrogens is 204 g/mol. The predicted octanol–water partition coefficient (Wildman–Crippen LogP) is 1.53. The minimum atomic E-state index is -0.690. The summed E-state index contributed by atoms with van der Waals surface area (Å²) in [7, 11) is 0. The van der Waals surface area contributed by atoms with Gasteiger partial charge in [0.1, 0.15) is 6.10 Å². The van der Waals surface area contributed by atoms with Crippen LogP contribution in [0.2, 0.25) is 0 Å². The highest BCUT2D eigenvalue weighted by atomic mass is 16.7. The summed E-state index contributed by atoms with van der Waals surface area (Å²) in [6.45, 7) is 0. The van der Waals surface area contributed by atoms with E-state index >= 15 is 0 Å². The van der Waals surface area contributed by atoms with Crippen molar-refractivity contribution >= 4 is 0 Å². The van der Waals surface area contributed by atoms with Crippen LogP contribution in [0, 0.1) is 0 Å². The topological polar surface area (TPSA) is 58.5 Å². The molecule has 0 spiro atoms.